The summed E-state index contributed by atoms with van der Waals surface area (Å²) in [6.45, 7) is 3.99. The van der Waals surface area contributed by atoms with Crippen LogP contribution in [0.25, 0.3) is 0 Å². The van der Waals surface area contributed by atoms with E-state index in [1.54, 1.807) is 53.4 Å². The lowest BCUT2D eigenvalue weighted by molar-refractivity contribution is 0.104. The van der Waals surface area contributed by atoms with Gasteiger partial charge in [-0.3, -0.25) is 4.79 Å². The number of hydrogen-bond acceptors (Lipinski definition) is 4. The number of Topliss-reactive ketones (excluding diaryl/α,β-unsaturated/α-hetero) is 1. The maximum Gasteiger partial charge on any atom is 0.214 e. The van der Waals surface area contributed by atoms with Crippen LogP contribution in [0.2, 0.25) is 0 Å². The van der Waals surface area contributed by atoms with Crippen molar-refractivity contribution in [2.45, 2.75) is 25.2 Å². The number of rotatable bonds is 4. The number of hydrogen-bond donors (Lipinski definition) is 0. The van der Waals surface area contributed by atoms with E-state index in [9.17, 15) is 13.2 Å². The average molecular weight is 404 g/mol. The molecule has 0 atom stereocenters. The van der Waals surface area contributed by atoms with E-state index in [0.29, 0.717) is 11.3 Å². The van der Waals surface area contributed by atoms with E-state index in [2.05, 4.69) is 6.92 Å². The molecule has 4 rings (SSSR count). The number of aryl methyl sites for hydroxylation is 2. The minimum atomic E-state index is -3.93. The molecule has 0 saturated heterocycles. The minimum absolute atomic E-state index is 0.139. The number of anilines is 2. The first-order valence-corrected chi connectivity index (χ1v) is 11.0. The number of para-hydroxylation sites is 1. The van der Waals surface area contributed by atoms with Crippen LogP contribution in [0.3, 0.4) is 0 Å². The number of allylic oxidation sites excluding steroid dienone is 1. The number of sulfone groups is 1. The van der Waals surface area contributed by atoms with E-state index in [-0.39, 0.29) is 9.80 Å². The van der Waals surface area contributed by atoms with Crippen molar-refractivity contribution >= 4 is 27.0 Å². The van der Waals surface area contributed by atoms with Gasteiger partial charge in [-0.05, 0) is 43.2 Å². The predicted octanol–water partition coefficient (Wildman–Crippen LogP) is 5.21. The van der Waals surface area contributed by atoms with Crippen molar-refractivity contribution in [1.82, 2.24) is 0 Å². The Morgan fingerprint density at radius 1 is 0.931 bits per heavy atom. The average Bonchev–Trinajstić information content (AvgIpc) is 2.74. The Morgan fingerprint density at radius 3 is 2.38 bits per heavy atom. The maximum absolute atomic E-state index is 13.3. The molecule has 0 aromatic heterocycles. The third kappa shape index (κ3) is 3.38. The molecule has 3 aromatic carbocycles. The predicted molar refractivity (Wildman–Crippen MR) is 115 cm³/mol. The molecule has 0 fully saturated rings. The Morgan fingerprint density at radius 2 is 1.66 bits per heavy atom. The number of benzene rings is 3. The smallest absolute Gasteiger partial charge is 0.214 e. The third-order valence-corrected chi connectivity index (χ3v) is 6.88. The van der Waals surface area contributed by atoms with Crippen LogP contribution in [0.4, 0.5) is 11.4 Å². The van der Waals surface area contributed by atoms with Gasteiger partial charge in [0.25, 0.3) is 0 Å². The van der Waals surface area contributed by atoms with Gasteiger partial charge < -0.3 is 4.90 Å². The van der Waals surface area contributed by atoms with E-state index in [1.165, 1.54) is 6.20 Å². The van der Waals surface area contributed by atoms with Crippen molar-refractivity contribution < 1.29 is 13.2 Å². The highest BCUT2D eigenvalue weighted by Crippen LogP contribution is 2.40. The molecule has 0 unspecified atom stereocenters. The van der Waals surface area contributed by atoms with Crippen LogP contribution in [0.5, 0.6) is 0 Å². The maximum atomic E-state index is 13.3. The Labute approximate surface area is 171 Å². The van der Waals surface area contributed by atoms with Gasteiger partial charge in [0.2, 0.25) is 15.6 Å². The van der Waals surface area contributed by atoms with Crippen molar-refractivity contribution in [2.75, 3.05) is 4.90 Å². The summed E-state index contributed by atoms with van der Waals surface area (Å²) in [5.41, 5.74) is 3.85. The zero-order chi connectivity index (χ0) is 20.6. The normalized spacial score (nSPS) is 14.8. The lowest BCUT2D eigenvalue weighted by atomic mass is 10.1. The second kappa shape index (κ2) is 7.33. The number of fused-ring (bicyclic) bond motifs is 1. The molecule has 1 aliphatic heterocycles. The summed E-state index contributed by atoms with van der Waals surface area (Å²) in [5.74, 6) is -0.504. The van der Waals surface area contributed by atoms with Gasteiger partial charge in [0.15, 0.2) is 0 Å². The van der Waals surface area contributed by atoms with Crippen molar-refractivity contribution in [2.24, 2.45) is 0 Å². The molecule has 4 nitrogen and oxygen atoms in total. The quantitative estimate of drug-likeness (QED) is 0.562. The van der Waals surface area contributed by atoms with Gasteiger partial charge in [0.1, 0.15) is 4.91 Å². The second-order valence-electron chi connectivity index (χ2n) is 7.05. The summed E-state index contributed by atoms with van der Waals surface area (Å²) >= 11 is 0. The van der Waals surface area contributed by atoms with Crippen molar-refractivity contribution in [1.29, 1.82) is 0 Å². The molecule has 0 aliphatic carbocycles. The summed E-state index contributed by atoms with van der Waals surface area (Å²) in [7, 11) is -3.93. The zero-order valence-electron chi connectivity index (χ0n) is 16.3. The lowest BCUT2D eigenvalue weighted by Gasteiger charge is -2.29. The fourth-order valence-corrected chi connectivity index (χ4v) is 4.97. The summed E-state index contributed by atoms with van der Waals surface area (Å²) in [6, 6.07) is 21.6. The van der Waals surface area contributed by atoms with Gasteiger partial charge in [0, 0.05) is 17.5 Å². The lowest BCUT2D eigenvalue weighted by Crippen LogP contribution is -2.25. The van der Waals surface area contributed by atoms with E-state index >= 15 is 0 Å². The van der Waals surface area contributed by atoms with Gasteiger partial charge in [-0.15, -0.1) is 0 Å². The molecule has 29 heavy (non-hydrogen) atoms. The molecule has 0 radical (unpaired) electrons. The third-order valence-electron chi connectivity index (χ3n) is 5.08. The summed E-state index contributed by atoms with van der Waals surface area (Å²) < 4.78 is 26.5. The van der Waals surface area contributed by atoms with E-state index < -0.39 is 15.6 Å². The largest absolute Gasteiger partial charge is 0.314 e. The Balaban J connectivity index is 1.91. The summed E-state index contributed by atoms with van der Waals surface area (Å²) in [5, 5.41) is 0. The molecule has 0 saturated carbocycles. The standard InChI is InChI=1S/C24H21NO3S/c1-3-18-7-6-8-20(15-18)25-16-23(24(26)19-13-11-17(2)12-14-19)29(27,28)22-10-5-4-9-21(22)25/h4-16H,3H2,1-2H3. The molecule has 0 spiro atoms. The van der Waals surface area contributed by atoms with Gasteiger partial charge in [-0.25, -0.2) is 8.42 Å². The molecular formula is C24H21NO3S. The van der Waals surface area contributed by atoms with E-state index in [0.717, 1.165) is 23.2 Å². The first-order valence-electron chi connectivity index (χ1n) is 9.47. The zero-order valence-corrected chi connectivity index (χ0v) is 17.1. The number of nitrogens with zero attached hydrogens (tertiary/aromatic N) is 1. The molecular weight excluding hydrogens is 382 g/mol. The second-order valence-corrected chi connectivity index (χ2v) is 8.94. The van der Waals surface area contributed by atoms with Crippen LogP contribution in [-0.2, 0) is 16.3 Å². The highest BCUT2D eigenvalue weighted by molar-refractivity contribution is 7.96. The van der Waals surface area contributed by atoms with Crippen LogP contribution in [-0.4, -0.2) is 14.2 Å². The first-order chi connectivity index (χ1) is 13.9. The highest BCUT2D eigenvalue weighted by atomic mass is 32.2. The fourth-order valence-electron chi connectivity index (χ4n) is 3.43. The van der Waals surface area contributed by atoms with Crippen LogP contribution < -0.4 is 4.90 Å². The summed E-state index contributed by atoms with van der Waals surface area (Å²) in [6.07, 6.45) is 2.31. The summed E-state index contributed by atoms with van der Waals surface area (Å²) in [4.78, 5) is 14.9. The molecule has 1 aliphatic rings. The Bertz CT molecular complexity index is 1220. The van der Waals surface area contributed by atoms with Crippen LogP contribution in [0.1, 0.15) is 28.4 Å². The van der Waals surface area contributed by atoms with Gasteiger partial charge in [0.05, 0.1) is 10.6 Å². The first kappa shape index (κ1) is 19.2. The number of carbonyl (C=O) groups is 1. The molecule has 0 amide bonds. The SMILES string of the molecule is CCc1cccc(N2C=C(C(=O)c3ccc(C)cc3)S(=O)(=O)c3ccccc32)c1. The minimum Gasteiger partial charge on any atom is -0.314 e. The number of ketones is 1. The monoisotopic (exact) mass is 403 g/mol. The highest BCUT2D eigenvalue weighted by Gasteiger charge is 2.36. The van der Waals surface area contributed by atoms with Crippen molar-refractivity contribution in [3.8, 4) is 0 Å². The van der Waals surface area contributed by atoms with Crippen LogP contribution >= 0.6 is 0 Å². The molecule has 0 bridgehead atoms. The van der Waals surface area contributed by atoms with Crippen LogP contribution in [0.15, 0.2) is 88.8 Å². The van der Waals surface area contributed by atoms with E-state index in [4.69, 9.17) is 0 Å². The molecule has 0 N–H and O–H groups in total. The molecule has 3 aromatic rings. The van der Waals surface area contributed by atoms with Crippen LogP contribution in [0, 0.1) is 6.92 Å². The van der Waals surface area contributed by atoms with Gasteiger partial charge >= 0.3 is 0 Å². The van der Waals surface area contributed by atoms with Gasteiger partial charge in [-0.1, -0.05) is 61.0 Å². The number of carbonyl (C=O) groups excluding carboxylic acids is 1. The van der Waals surface area contributed by atoms with Crippen molar-refractivity contribution in [3.05, 3.63) is 101 Å². The van der Waals surface area contributed by atoms with Crippen molar-refractivity contribution in [3.63, 3.8) is 0 Å². The molecule has 1 heterocycles. The fraction of sp³-hybridized carbons (Fsp3) is 0.125. The van der Waals surface area contributed by atoms with Gasteiger partial charge in [-0.2, -0.15) is 0 Å². The Hall–Kier alpha value is -3.18. The van der Waals surface area contributed by atoms with E-state index in [1.807, 2.05) is 31.2 Å². The molecule has 5 heteroatoms. The molecule has 146 valence electrons. The Kier molecular flexibility index (Phi) is 4.84. The topological polar surface area (TPSA) is 54.5 Å².